The highest BCUT2D eigenvalue weighted by molar-refractivity contribution is 9.10. The number of aromatic nitrogens is 2. The predicted molar refractivity (Wildman–Crippen MR) is 143 cm³/mol. The van der Waals surface area contributed by atoms with Crippen molar-refractivity contribution in [2.45, 2.75) is 32.2 Å². The number of aromatic amines is 1. The van der Waals surface area contributed by atoms with E-state index in [1.807, 2.05) is 54.9 Å². The van der Waals surface area contributed by atoms with Gasteiger partial charge in [0.25, 0.3) is 11.8 Å². The van der Waals surface area contributed by atoms with Gasteiger partial charge in [-0.25, -0.2) is 0 Å². The number of imide groups is 1. The van der Waals surface area contributed by atoms with Crippen LogP contribution in [0.4, 0.5) is 0 Å². The van der Waals surface area contributed by atoms with E-state index in [1.165, 1.54) is 32.4 Å². The molecule has 7 heteroatoms. The third-order valence-corrected chi connectivity index (χ3v) is 7.87. The zero-order chi connectivity index (χ0) is 23.9. The summed E-state index contributed by atoms with van der Waals surface area (Å²) in [6.07, 6.45) is 8.82. The summed E-state index contributed by atoms with van der Waals surface area (Å²) in [6, 6.07) is 13.9. The Hall–Kier alpha value is -3.16. The van der Waals surface area contributed by atoms with Gasteiger partial charge < -0.3 is 14.5 Å². The number of nitrogens with zero attached hydrogens (tertiary/aromatic N) is 2. The molecule has 2 aromatic heterocycles. The number of likely N-dealkylation sites (tertiary alicyclic amines) is 1. The Morgan fingerprint density at radius 3 is 2.40 bits per heavy atom. The van der Waals surface area contributed by atoms with Crippen molar-refractivity contribution in [1.29, 1.82) is 0 Å². The van der Waals surface area contributed by atoms with Crippen LogP contribution in [0.3, 0.4) is 0 Å². The number of hydrogen-bond acceptors (Lipinski definition) is 3. The maximum absolute atomic E-state index is 13.2. The number of H-pyrrole nitrogens is 1. The molecule has 6 rings (SSSR count). The standard InChI is InChI=1S/C28H27BrN4O2/c29-22-10-6-9-19-21(17-33(26(19)22)15-7-14-32-12-4-1-5-13-32)25-24(27(34)31-28(25)35)20-16-30-23-11-3-2-8-18(20)23/h2-3,6,8-11,16-17,30H,1,4-5,7,12-15H2,(H,31,34,35). The lowest BCUT2D eigenvalue weighted by atomic mass is 9.95. The van der Waals surface area contributed by atoms with E-state index in [0.717, 1.165) is 56.9 Å². The number of carbonyl (C=O) groups is 2. The van der Waals surface area contributed by atoms with Gasteiger partial charge in [0.1, 0.15) is 0 Å². The van der Waals surface area contributed by atoms with Crippen LogP contribution in [-0.4, -0.2) is 45.9 Å². The van der Waals surface area contributed by atoms with Gasteiger partial charge in [-0.2, -0.15) is 0 Å². The highest BCUT2D eigenvalue weighted by Gasteiger charge is 2.35. The van der Waals surface area contributed by atoms with E-state index in [1.54, 1.807) is 0 Å². The predicted octanol–water partition coefficient (Wildman–Crippen LogP) is 5.33. The van der Waals surface area contributed by atoms with Crippen molar-refractivity contribution in [2.24, 2.45) is 0 Å². The summed E-state index contributed by atoms with van der Waals surface area (Å²) in [5.41, 5.74) is 4.41. The number of benzene rings is 2. The van der Waals surface area contributed by atoms with Crippen molar-refractivity contribution in [2.75, 3.05) is 19.6 Å². The maximum atomic E-state index is 13.2. The minimum Gasteiger partial charge on any atom is -0.361 e. The summed E-state index contributed by atoms with van der Waals surface area (Å²) in [5, 5.41) is 4.44. The van der Waals surface area contributed by atoms with Crippen LogP contribution >= 0.6 is 15.9 Å². The third kappa shape index (κ3) is 3.93. The van der Waals surface area contributed by atoms with E-state index in [-0.39, 0.29) is 11.8 Å². The monoisotopic (exact) mass is 530 g/mol. The average Bonchev–Trinajstić information content (AvgIpc) is 3.53. The van der Waals surface area contributed by atoms with Crippen molar-refractivity contribution < 1.29 is 9.59 Å². The minimum atomic E-state index is -0.351. The van der Waals surface area contributed by atoms with Crippen molar-refractivity contribution in [1.82, 2.24) is 19.8 Å². The zero-order valence-electron chi connectivity index (χ0n) is 19.4. The normalized spacial score (nSPS) is 17.2. The molecular formula is C28H27BrN4O2. The summed E-state index contributed by atoms with van der Waals surface area (Å²) < 4.78 is 3.22. The van der Waals surface area contributed by atoms with Gasteiger partial charge in [0, 0.05) is 50.8 Å². The van der Waals surface area contributed by atoms with Crippen molar-refractivity contribution in [3.63, 3.8) is 0 Å². The molecule has 0 radical (unpaired) electrons. The molecule has 4 heterocycles. The van der Waals surface area contributed by atoms with E-state index < -0.39 is 0 Å². The zero-order valence-corrected chi connectivity index (χ0v) is 21.0. The van der Waals surface area contributed by atoms with Crippen molar-refractivity contribution >= 4 is 60.7 Å². The first-order valence-electron chi connectivity index (χ1n) is 12.3. The van der Waals surface area contributed by atoms with Crippen LogP contribution < -0.4 is 5.32 Å². The second-order valence-corrected chi connectivity index (χ2v) is 10.3. The fourth-order valence-electron chi connectivity index (χ4n) is 5.59. The number of hydrogen-bond donors (Lipinski definition) is 2. The largest absolute Gasteiger partial charge is 0.361 e. The van der Waals surface area contributed by atoms with Crippen LogP contribution in [0.15, 0.2) is 59.3 Å². The first kappa shape index (κ1) is 22.3. The van der Waals surface area contributed by atoms with Gasteiger partial charge >= 0.3 is 0 Å². The molecule has 4 aromatic rings. The molecule has 0 aliphatic carbocycles. The molecule has 6 nitrogen and oxygen atoms in total. The second kappa shape index (κ2) is 9.13. The van der Waals surface area contributed by atoms with Crippen LogP contribution in [-0.2, 0) is 16.1 Å². The van der Waals surface area contributed by atoms with Crippen LogP contribution in [0.2, 0.25) is 0 Å². The lowest BCUT2D eigenvalue weighted by Crippen LogP contribution is -2.31. The van der Waals surface area contributed by atoms with E-state index in [0.29, 0.717) is 11.1 Å². The SMILES string of the molecule is O=C1NC(=O)C(c2cn(CCCN3CCCCC3)c3c(Br)cccc23)=C1c1c[nH]c2ccccc12. The van der Waals surface area contributed by atoms with Gasteiger partial charge in [-0.05, 0) is 67.0 Å². The summed E-state index contributed by atoms with van der Waals surface area (Å²) in [5.74, 6) is -0.696. The molecule has 0 saturated carbocycles. The fraction of sp³-hybridized carbons (Fsp3) is 0.286. The Bertz CT molecular complexity index is 1490. The van der Waals surface area contributed by atoms with Gasteiger partial charge in [0.2, 0.25) is 0 Å². The fourth-order valence-corrected chi connectivity index (χ4v) is 6.18. The molecular weight excluding hydrogens is 504 g/mol. The molecule has 1 fully saturated rings. The Kier molecular flexibility index (Phi) is 5.82. The van der Waals surface area contributed by atoms with E-state index in [2.05, 4.69) is 35.7 Å². The number of piperidine rings is 1. The summed E-state index contributed by atoms with van der Waals surface area (Å²) in [4.78, 5) is 32.0. The average molecular weight is 531 g/mol. The smallest absolute Gasteiger partial charge is 0.259 e. The highest BCUT2D eigenvalue weighted by Crippen LogP contribution is 2.39. The number of nitrogens with one attached hydrogen (secondary N) is 2. The third-order valence-electron chi connectivity index (χ3n) is 7.23. The number of amides is 2. The van der Waals surface area contributed by atoms with E-state index in [9.17, 15) is 9.59 Å². The molecule has 0 atom stereocenters. The van der Waals surface area contributed by atoms with Crippen LogP contribution in [0, 0.1) is 0 Å². The first-order chi connectivity index (χ1) is 17.1. The Morgan fingerprint density at radius 1 is 0.829 bits per heavy atom. The lowest BCUT2D eigenvalue weighted by Gasteiger charge is -2.26. The van der Waals surface area contributed by atoms with Gasteiger partial charge in [-0.15, -0.1) is 0 Å². The summed E-state index contributed by atoms with van der Waals surface area (Å²) >= 11 is 3.73. The first-order valence-corrected chi connectivity index (χ1v) is 13.1. The van der Waals surface area contributed by atoms with E-state index in [4.69, 9.17) is 0 Å². The Labute approximate surface area is 212 Å². The van der Waals surface area contributed by atoms with Crippen molar-refractivity contribution in [3.05, 3.63) is 70.5 Å². The molecule has 178 valence electrons. The van der Waals surface area contributed by atoms with Gasteiger partial charge in [-0.3, -0.25) is 14.9 Å². The summed E-state index contributed by atoms with van der Waals surface area (Å²) in [7, 11) is 0. The van der Waals surface area contributed by atoms with Crippen LogP contribution in [0.5, 0.6) is 0 Å². The molecule has 2 N–H and O–H groups in total. The number of para-hydroxylation sites is 2. The van der Waals surface area contributed by atoms with Crippen LogP contribution in [0.25, 0.3) is 33.0 Å². The number of rotatable bonds is 6. The minimum absolute atomic E-state index is 0.345. The molecule has 2 aliphatic heterocycles. The molecule has 2 aliphatic rings. The van der Waals surface area contributed by atoms with Crippen LogP contribution in [0.1, 0.15) is 36.8 Å². The number of aryl methyl sites for hydroxylation is 1. The Balaban J connectivity index is 1.45. The molecule has 1 saturated heterocycles. The molecule has 2 amide bonds. The number of halogens is 1. The lowest BCUT2D eigenvalue weighted by molar-refractivity contribution is -0.122. The highest BCUT2D eigenvalue weighted by atomic mass is 79.9. The quantitative estimate of drug-likeness (QED) is 0.331. The topological polar surface area (TPSA) is 70.1 Å². The van der Waals surface area contributed by atoms with Crippen molar-refractivity contribution in [3.8, 4) is 0 Å². The van der Waals surface area contributed by atoms with Gasteiger partial charge in [0.15, 0.2) is 0 Å². The number of carbonyl (C=O) groups excluding carboxylic acids is 2. The maximum Gasteiger partial charge on any atom is 0.259 e. The number of fused-ring (bicyclic) bond motifs is 2. The molecule has 0 unspecified atom stereocenters. The van der Waals surface area contributed by atoms with E-state index >= 15 is 0 Å². The van der Waals surface area contributed by atoms with Gasteiger partial charge in [0.05, 0.1) is 16.7 Å². The van der Waals surface area contributed by atoms with Gasteiger partial charge in [-0.1, -0.05) is 36.8 Å². The molecule has 0 spiro atoms. The Morgan fingerprint density at radius 2 is 1.57 bits per heavy atom. The molecule has 0 bridgehead atoms. The molecule has 35 heavy (non-hydrogen) atoms. The molecule has 2 aromatic carbocycles. The summed E-state index contributed by atoms with van der Waals surface area (Å²) in [6.45, 7) is 4.29. The second-order valence-electron chi connectivity index (χ2n) is 9.41.